The lowest BCUT2D eigenvalue weighted by Crippen LogP contribution is -2.20. The van der Waals surface area contributed by atoms with Gasteiger partial charge in [-0.05, 0) is 48.5 Å². The summed E-state index contributed by atoms with van der Waals surface area (Å²) in [5.74, 6) is -2.59. The van der Waals surface area contributed by atoms with Crippen molar-refractivity contribution in [3.8, 4) is 0 Å². The van der Waals surface area contributed by atoms with Gasteiger partial charge in [0.2, 0.25) is 0 Å². The van der Waals surface area contributed by atoms with Crippen molar-refractivity contribution in [3.05, 3.63) is 120 Å². The van der Waals surface area contributed by atoms with Gasteiger partial charge in [0.15, 0.2) is 24.8 Å². The zero-order valence-electron chi connectivity index (χ0n) is 20.8. The van der Waals surface area contributed by atoms with Gasteiger partial charge in [0.25, 0.3) is 0 Å². The molecule has 196 valence electrons. The normalized spacial score (nSPS) is 10.5. The van der Waals surface area contributed by atoms with E-state index in [-0.39, 0.29) is 0 Å². The van der Waals surface area contributed by atoms with Crippen LogP contribution in [0.3, 0.4) is 0 Å². The molecule has 0 saturated carbocycles. The van der Waals surface area contributed by atoms with Crippen LogP contribution < -0.4 is 0 Å². The van der Waals surface area contributed by atoms with E-state index >= 15 is 0 Å². The number of esters is 2. The van der Waals surface area contributed by atoms with E-state index in [9.17, 15) is 19.2 Å². The highest BCUT2D eigenvalue weighted by atomic mass is 32.2. The van der Waals surface area contributed by atoms with E-state index in [1.165, 1.54) is 0 Å². The number of benzene rings is 4. The Hall–Kier alpha value is -4.14. The van der Waals surface area contributed by atoms with Crippen LogP contribution in [0.1, 0.15) is 27.1 Å². The number of rotatable bonds is 12. The van der Waals surface area contributed by atoms with Crippen LogP contribution in [0.2, 0.25) is 0 Å². The number of hydrogen-bond donors (Lipinski definition) is 0. The molecule has 0 aliphatic rings. The molecule has 0 spiro atoms. The topological polar surface area (TPSA) is 86.7 Å². The second-order valence-corrected chi connectivity index (χ2v) is 10.5. The summed E-state index contributed by atoms with van der Waals surface area (Å²) in [7, 11) is 0. The highest BCUT2D eigenvalue weighted by Crippen LogP contribution is 2.28. The van der Waals surface area contributed by atoms with Crippen LogP contribution in [0.15, 0.2) is 129 Å². The average molecular weight is 557 g/mol. The van der Waals surface area contributed by atoms with Gasteiger partial charge in [-0.1, -0.05) is 84.2 Å². The van der Waals surface area contributed by atoms with Gasteiger partial charge >= 0.3 is 11.9 Å². The van der Waals surface area contributed by atoms with E-state index in [0.717, 1.165) is 19.6 Å². The molecule has 0 fully saturated rings. The quantitative estimate of drug-likeness (QED) is 0.111. The van der Waals surface area contributed by atoms with Crippen LogP contribution in [0.4, 0.5) is 0 Å². The Labute approximate surface area is 234 Å². The van der Waals surface area contributed by atoms with Crippen molar-refractivity contribution >= 4 is 47.0 Å². The van der Waals surface area contributed by atoms with E-state index in [2.05, 4.69) is 0 Å². The summed E-state index contributed by atoms with van der Waals surface area (Å²) >= 11 is 3.13. The van der Waals surface area contributed by atoms with Gasteiger partial charge in [-0.2, -0.15) is 0 Å². The third-order valence-electron chi connectivity index (χ3n) is 5.33. The van der Waals surface area contributed by atoms with Crippen molar-refractivity contribution in [3.63, 3.8) is 0 Å². The highest BCUT2D eigenvalue weighted by molar-refractivity contribution is 7.99. The maximum Gasteiger partial charge on any atom is 0.317 e. The molecule has 0 atom stereocenters. The molecule has 0 amide bonds. The van der Waals surface area contributed by atoms with E-state index < -0.39 is 43.1 Å². The fraction of sp³-hybridized carbons (Fsp3) is 0.0968. The standard InChI is InChI=1S/C31H24O6S2/c32-28(22-11-15-26(16-12-22)38-24-7-3-1-4-8-24)20-36-30(34)19-31(35)37-21-29(33)23-13-17-27(18-14-23)39-25-9-5-2-6-10-25/h1-18H,19-21H2. The summed E-state index contributed by atoms with van der Waals surface area (Å²) in [6.07, 6.45) is -0.695. The second-order valence-electron chi connectivity index (χ2n) is 8.22. The second kappa shape index (κ2) is 14.1. The lowest BCUT2D eigenvalue weighted by atomic mass is 10.1. The lowest BCUT2D eigenvalue weighted by Gasteiger charge is -2.07. The van der Waals surface area contributed by atoms with Crippen LogP contribution in [-0.2, 0) is 19.1 Å². The Bertz CT molecular complexity index is 1310. The molecule has 4 aromatic rings. The minimum atomic E-state index is -0.903. The molecule has 39 heavy (non-hydrogen) atoms. The molecule has 0 bridgehead atoms. The molecule has 0 aromatic heterocycles. The first-order valence-electron chi connectivity index (χ1n) is 12.0. The molecule has 0 heterocycles. The Morgan fingerprint density at radius 1 is 0.462 bits per heavy atom. The molecule has 4 aromatic carbocycles. The van der Waals surface area contributed by atoms with E-state index in [1.54, 1.807) is 47.8 Å². The van der Waals surface area contributed by atoms with Crippen molar-refractivity contribution in [1.82, 2.24) is 0 Å². The van der Waals surface area contributed by atoms with Gasteiger partial charge in [0.05, 0.1) is 0 Å². The van der Waals surface area contributed by atoms with Gasteiger partial charge in [-0.3, -0.25) is 19.2 Å². The molecule has 0 radical (unpaired) electrons. The maximum absolute atomic E-state index is 12.4. The number of carbonyl (C=O) groups is 4. The number of Topliss-reactive ketones (excluding diaryl/α,β-unsaturated/α-hetero) is 2. The summed E-state index contributed by atoms with van der Waals surface area (Å²) in [6.45, 7) is -0.993. The Morgan fingerprint density at radius 2 is 0.795 bits per heavy atom. The predicted octanol–water partition coefficient (Wildman–Crippen LogP) is 6.53. The predicted molar refractivity (Wildman–Crippen MR) is 149 cm³/mol. The average Bonchev–Trinajstić information content (AvgIpc) is 2.96. The SMILES string of the molecule is O=C(CC(=O)OCC(=O)c1ccc(Sc2ccccc2)cc1)OCC(=O)c1ccc(Sc2ccccc2)cc1. The zero-order valence-corrected chi connectivity index (χ0v) is 22.4. The third kappa shape index (κ3) is 8.98. The van der Waals surface area contributed by atoms with Crippen molar-refractivity contribution in [2.75, 3.05) is 13.2 Å². The molecule has 0 aliphatic carbocycles. The molecule has 0 aliphatic heterocycles. The molecule has 0 N–H and O–H groups in total. The molecule has 6 nitrogen and oxygen atoms in total. The number of carbonyl (C=O) groups excluding carboxylic acids is 4. The van der Waals surface area contributed by atoms with Gasteiger partial charge in [0.1, 0.15) is 6.42 Å². The van der Waals surface area contributed by atoms with E-state index in [1.807, 2.05) is 84.9 Å². The van der Waals surface area contributed by atoms with Crippen molar-refractivity contribution in [2.45, 2.75) is 26.0 Å². The summed E-state index contributed by atoms with van der Waals surface area (Å²) in [4.78, 5) is 52.8. The van der Waals surface area contributed by atoms with Gasteiger partial charge < -0.3 is 9.47 Å². The third-order valence-corrected chi connectivity index (χ3v) is 7.36. The fourth-order valence-electron chi connectivity index (χ4n) is 3.35. The minimum Gasteiger partial charge on any atom is -0.457 e. The molecular formula is C31H24O6S2. The smallest absolute Gasteiger partial charge is 0.317 e. The van der Waals surface area contributed by atoms with Crippen LogP contribution in [-0.4, -0.2) is 36.7 Å². The first-order valence-corrected chi connectivity index (χ1v) is 13.6. The first-order chi connectivity index (χ1) is 19.0. The van der Waals surface area contributed by atoms with Crippen LogP contribution in [0.5, 0.6) is 0 Å². The van der Waals surface area contributed by atoms with Gasteiger partial charge in [-0.25, -0.2) is 0 Å². The zero-order chi connectivity index (χ0) is 27.5. The Kier molecular flexibility index (Phi) is 10.1. The highest BCUT2D eigenvalue weighted by Gasteiger charge is 2.17. The van der Waals surface area contributed by atoms with Crippen LogP contribution >= 0.6 is 23.5 Å². The summed E-state index contributed by atoms with van der Waals surface area (Å²) in [5, 5.41) is 0. The first kappa shape index (κ1) is 27.9. The van der Waals surface area contributed by atoms with Crippen LogP contribution in [0.25, 0.3) is 0 Å². The minimum absolute atomic E-state index is 0.390. The summed E-state index contributed by atoms with van der Waals surface area (Å²) < 4.78 is 9.85. The number of hydrogen-bond acceptors (Lipinski definition) is 8. The molecule has 0 unspecified atom stereocenters. The molecule has 8 heteroatoms. The van der Waals surface area contributed by atoms with Crippen molar-refractivity contribution < 1.29 is 28.7 Å². The van der Waals surface area contributed by atoms with E-state index in [0.29, 0.717) is 11.1 Å². The van der Waals surface area contributed by atoms with Crippen LogP contribution in [0, 0.1) is 0 Å². The molecule has 4 rings (SSSR count). The monoisotopic (exact) mass is 556 g/mol. The lowest BCUT2D eigenvalue weighted by molar-refractivity contribution is -0.153. The number of ether oxygens (including phenoxy) is 2. The fourth-order valence-corrected chi connectivity index (χ4v) is 5.02. The van der Waals surface area contributed by atoms with Gasteiger partial charge in [-0.15, -0.1) is 0 Å². The Balaban J connectivity index is 1.16. The van der Waals surface area contributed by atoms with Crippen molar-refractivity contribution in [1.29, 1.82) is 0 Å². The summed E-state index contributed by atoms with van der Waals surface area (Å²) in [6, 6.07) is 33.6. The van der Waals surface area contributed by atoms with E-state index in [4.69, 9.17) is 9.47 Å². The molecular weight excluding hydrogens is 532 g/mol. The summed E-state index contributed by atoms with van der Waals surface area (Å²) in [5.41, 5.74) is 0.781. The Morgan fingerprint density at radius 3 is 1.15 bits per heavy atom. The largest absolute Gasteiger partial charge is 0.457 e. The number of ketones is 2. The maximum atomic E-state index is 12.4. The molecule has 0 saturated heterocycles. The van der Waals surface area contributed by atoms with Gasteiger partial charge in [0, 0.05) is 30.7 Å². The van der Waals surface area contributed by atoms with Crippen molar-refractivity contribution in [2.24, 2.45) is 0 Å².